The molecule has 1 rings (SSSR count). The lowest BCUT2D eigenvalue weighted by Gasteiger charge is -2.18. The molecule has 1 aromatic heterocycles. The minimum Gasteiger partial charge on any atom is -0.481 e. The van der Waals surface area contributed by atoms with Crippen molar-refractivity contribution >= 4 is 12.0 Å². The van der Waals surface area contributed by atoms with Crippen molar-refractivity contribution in [2.24, 2.45) is 5.73 Å². The lowest BCUT2D eigenvalue weighted by Crippen LogP contribution is -2.46. The van der Waals surface area contributed by atoms with E-state index in [0.717, 1.165) is 0 Å². The molecular weight excluding hydrogens is 326 g/mol. The molecule has 1 heterocycles. The number of carboxylic acid groups (broad SMARTS) is 1. The summed E-state index contributed by atoms with van der Waals surface area (Å²) >= 11 is 0. The molecule has 12 nitrogen and oxygen atoms in total. The number of carbonyl (C=O) groups is 2. The van der Waals surface area contributed by atoms with Crippen molar-refractivity contribution in [2.45, 2.75) is 31.0 Å². The predicted molar refractivity (Wildman–Crippen MR) is 77.6 cm³/mol. The van der Waals surface area contributed by atoms with Gasteiger partial charge in [0.25, 0.3) is 0 Å². The van der Waals surface area contributed by atoms with E-state index in [9.17, 15) is 9.59 Å². The quantitative estimate of drug-likeness (QED) is 0.239. The van der Waals surface area contributed by atoms with Gasteiger partial charge in [0.15, 0.2) is 5.82 Å². The molecule has 1 aromatic rings. The van der Waals surface area contributed by atoms with Gasteiger partial charge in [-0.15, -0.1) is 0 Å². The zero-order chi connectivity index (χ0) is 18.1. The molecule has 0 radical (unpaired) electrons. The van der Waals surface area contributed by atoms with Gasteiger partial charge in [0, 0.05) is 6.42 Å². The molecule has 136 valence electrons. The molecule has 0 aliphatic rings. The third-order valence-corrected chi connectivity index (χ3v) is 3.01. The molecule has 8 N–H and O–H groups in total. The third-order valence-electron chi connectivity index (χ3n) is 3.01. The zero-order valence-electron chi connectivity index (χ0n) is 12.8. The Labute approximate surface area is 136 Å². The van der Waals surface area contributed by atoms with Gasteiger partial charge in [0.1, 0.15) is 6.04 Å². The Bertz CT molecular complexity index is 534. The van der Waals surface area contributed by atoms with Gasteiger partial charge >= 0.3 is 12.0 Å². The third kappa shape index (κ3) is 6.08. The first-order chi connectivity index (χ1) is 11.4. The number of rotatable bonds is 10. The fraction of sp³-hybridized carbons (Fsp3) is 0.667. The van der Waals surface area contributed by atoms with Crippen LogP contribution in [0.1, 0.15) is 36.6 Å². The van der Waals surface area contributed by atoms with Crippen molar-refractivity contribution < 1.29 is 34.5 Å². The average Bonchev–Trinajstić information content (AvgIpc) is 3.05. The van der Waals surface area contributed by atoms with Crippen LogP contribution in [0.25, 0.3) is 0 Å². The summed E-state index contributed by atoms with van der Waals surface area (Å²) in [6.45, 7) is -1.36. The molecule has 24 heavy (non-hydrogen) atoms. The van der Waals surface area contributed by atoms with Crippen LogP contribution in [-0.4, -0.2) is 68.4 Å². The SMILES string of the molecule is NC(CO)c1noc(C(CCC(=O)O)NC(=O)NC(CO)CO)n1. The van der Waals surface area contributed by atoms with Gasteiger partial charge in [-0.05, 0) is 6.42 Å². The van der Waals surface area contributed by atoms with Gasteiger partial charge in [-0.3, -0.25) is 4.79 Å². The van der Waals surface area contributed by atoms with Crippen LogP contribution in [0.4, 0.5) is 4.79 Å². The fourth-order valence-corrected chi connectivity index (χ4v) is 1.68. The van der Waals surface area contributed by atoms with Crippen LogP contribution < -0.4 is 16.4 Å². The maximum atomic E-state index is 11.9. The summed E-state index contributed by atoms with van der Waals surface area (Å²) in [7, 11) is 0. The minimum absolute atomic E-state index is 0.0126. The molecule has 2 atom stereocenters. The topological polar surface area (TPSA) is 204 Å². The highest BCUT2D eigenvalue weighted by Gasteiger charge is 2.24. The Morgan fingerprint density at radius 1 is 1.17 bits per heavy atom. The first kappa shape index (κ1) is 19.8. The molecule has 0 aliphatic carbocycles. The Hall–Kier alpha value is -2.28. The number of nitrogens with zero attached hydrogens (tertiary/aromatic N) is 2. The molecule has 12 heteroatoms. The van der Waals surface area contributed by atoms with Crippen LogP contribution >= 0.6 is 0 Å². The average molecular weight is 347 g/mol. The van der Waals surface area contributed by atoms with E-state index in [1.165, 1.54) is 0 Å². The van der Waals surface area contributed by atoms with Crippen LogP contribution in [0.15, 0.2) is 4.52 Å². The highest BCUT2D eigenvalue weighted by Crippen LogP contribution is 2.18. The monoisotopic (exact) mass is 347 g/mol. The smallest absolute Gasteiger partial charge is 0.315 e. The molecule has 0 aromatic carbocycles. The molecule has 0 bridgehead atoms. The second-order valence-corrected chi connectivity index (χ2v) is 4.94. The number of aliphatic hydroxyl groups is 3. The first-order valence-corrected chi connectivity index (χ1v) is 7.11. The van der Waals surface area contributed by atoms with E-state index in [1.807, 2.05) is 0 Å². The van der Waals surface area contributed by atoms with Crippen molar-refractivity contribution in [3.8, 4) is 0 Å². The van der Waals surface area contributed by atoms with Crippen molar-refractivity contribution in [1.29, 1.82) is 0 Å². The Balaban J connectivity index is 2.81. The van der Waals surface area contributed by atoms with E-state index in [2.05, 4.69) is 20.8 Å². The lowest BCUT2D eigenvalue weighted by molar-refractivity contribution is -0.137. The number of carbonyl (C=O) groups excluding carboxylic acids is 1. The van der Waals surface area contributed by atoms with Crippen LogP contribution in [0, 0.1) is 0 Å². The number of hydrogen-bond acceptors (Lipinski definition) is 9. The Kier molecular flexibility index (Phi) is 8.05. The summed E-state index contributed by atoms with van der Waals surface area (Å²) in [4.78, 5) is 26.5. The van der Waals surface area contributed by atoms with Crippen LogP contribution in [0.5, 0.6) is 0 Å². The summed E-state index contributed by atoms with van der Waals surface area (Å²) < 4.78 is 4.95. The van der Waals surface area contributed by atoms with Crippen molar-refractivity contribution in [3.63, 3.8) is 0 Å². The van der Waals surface area contributed by atoms with Gasteiger partial charge in [0.05, 0.1) is 31.9 Å². The summed E-state index contributed by atoms with van der Waals surface area (Å²) in [6.07, 6.45) is -0.320. The van der Waals surface area contributed by atoms with E-state index in [1.54, 1.807) is 0 Å². The highest BCUT2D eigenvalue weighted by atomic mass is 16.5. The number of carboxylic acids is 1. The first-order valence-electron chi connectivity index (χ1n) is 7.11. The maximum Gasteiger partial charge on any atom is 0.315 e. The fourth-order valence-electron chi connectivity index (χ4n) is 1.68. The molecule has 2 amide bonds. The van der Waals surface area contributed by atoms with E-state index in [-0.39, 0.29) is 24.6 Å². The molecule has 0 saturated heterocycles. The highest BCUT2D eigenvalue weighted by molar-refractivity contribution is 5.74. The van der Waals surface area contributed by atoms with E-state index in [4.69, 9.17) is 30.7 Å². The Morgan fingerprint density at radius 3 is 2.38 bits per heavy atom. The molecule has 0 fully saturated rings. The van der Waals surface area contributed by atoms with E-state index in [0.29, 0.717) is 0 Å². The van der Waals surface area contributed by atoms with Gasteiger partial charge in [-0.25, -0.2) is 4.79 Å². The summed E-state index contributed by atoms with van der Waals surface area (Å²) in [5, 5.41) is 43.9. The molecular formula is C12H21N5O7. The number of aliphatic hydroxyl groups excluding tert-OH is 3. The number of amides is 2. The van der Waals surface area contributed by atoms with Gasteiger partial charge < -0.3 is 41.3 Å². The zero-order valence-corrected chi connectivity index (χ0v) is 12.8. The normalized spacial score (nSPS) is 13.5. The van der Waals surface area contributed by atoms with Gasteiger partial charge in [-0.2, -0.15) is 4.98 Å². The van der Waals surface area contributed by atoms with E-state index >= 15 is 0 Å². The molecule has 0 saturated carbocycles. The number of urea groups is 1. The predicted octanol–water partition coefficient (Wildman–Crippen LogP) is -2.38. The van der Waals surface area contributed by atoms with Crippen LogP contribution in [-0.2, 0) is 4.79 Å². The number of aliphatic carboxylic acids is 1. The summed E-state index contributed by atoms with van der Waals surface area (Å²) in [5.74, 6) is -1.15. The molecule has 0 spiro atoms. The van der Waals surface area contributed by atoms with Gasteiger partial charge in [0.2, 0.25) is 5.89 Å². The van der Waals surface area contributed by atoms with Gasteiger partial charge in [-0.1, -0.05) is 5.16 Å². The largest absolute Gasteiger partial charge is 0.481 e. The number of hydrogen-bond donors (Lipinski definition) is 7. The summed E-state index contributed by atoms with van der Waals surface area (Å²) in [5.41, 5.74) is 5.55. The van der Waals surface area contributed by atoms with Crippen molar-refractivity contribution in [3.05, 3.63) is 11.7 Å². The van der Waals surface area contributed by atoms with Crippen LogP contribution in [0.3, 0.4) is 0 Å². The molecule has 0 aliphatic heterocycles. The summed E-state index contributed by atoms with van der Waals surface area (Å²) in [6, 6.07) is -3.42. The second kappa shape index (κ2) is 9.77. The molecule has 2 unspecified atom stereocenters. The minimum atomic E-state index is -1.09. The van der Waals surface area contributed by atoms with E-state index < -0.39 is 49.9 Å². The van der Waals surface area contributed by atoms with Crippen LogP contribution in [0.2, 0.25) is 0 Å². The lowest BCUT2D eigenvalue weighted by atomic mass is 10.1. The standard InChI is InChI=1S/C12H21N5O7/c13-7(5-20)10-16-11(24-17-10)8(1-2-9(21)22)15-12(23)14-6(3-18)4-19/h6-8,18-20H,1-5,13H2,(H,21,22)(H2,14,15,23). The Morgan fingerprint density at radius 2 is 1.83 bits per heavy atom. The number of nitrogens with two attached hydrogens (primary N) is 1. The maximum absolute atomic E-state index is 11.9. The second-order valence-electron chi connectivity index (χ2n) is 4.94. The van der Waals surface area contributed by atoms with Crippen molar-refractivity contribution in [1.82, 2.24) is 20.8 Å². The number of nitrogens with one attached hydrogen (secondary N) is 2. The number of aromatic nitrogens is 2. The van der Waals surface area contributed by atoms with Crippen molar-refractivity contribution in [2.75, 3.05) is 19.8 Å².